The summed E-state index contributed by atoms with van der Waals surface area (Å²) in [7, 11) is 0. The number of hydrogen-bond donors (Lipinski definition) is 1. The topological polar surface area (TPSA) is 48.2 Å². The first-order valence-corrected chi connectivity index (χ1v) is 3.79. The highest BCUT2D eigenvalue weighted by atomic mass is 32.1. The van der Waals surface area contributed by atoms with Crippen LogP contribution in [-0.2, 0) is 4.74 Å². The molecule has 4 nitrogen and oxygen atoms in total. The molecule has 1 unspecified atom stereocenters. The minimum Gasteiger partial charge on any atom is -0.483 e. The Morgan fingerprint density at radius 3 is 2.50 bits per heavy atom. The summed E-state index contributed by atoms with van der Waals surface area (Å²) in [5.74, 6) is 0. The van der Waals surface area contributed by atoms with Crippen LogP contribution in [0, 0.1) is 0 Å². The van der Waals surface area contributed by atoms with E-state index in [4.69, 9.17) is 4.74 Å². The van der Waals surface area contributed by atoms with E-state index in [0.717, 1.165) is 0 Å². The van der Waals surface area contributed by atoms with Gasteiger partial charge in [-0.2, -0.15) is 0 Å². The number of nitrogens with zero attached hydrogens (tertiary/aromatic N) is 2. The van der Waals surface area contributed by atoms with Crippen LogP contribution in [0.4, 0.5) is 0 Å². The van der Waals surface area contributed by atoms with E-state index in [-0.39, 0.29) is 5.44 Å². The highest BCUT2D eigenvalue weighted by Gasteiger charge is 1.93. The second-order valence-electron chi connectivity index (χ2n) is 1.83. The van der Waals surface area contributed by atoms with Gasteiger partial charge in [0.1, 0.15) is 6.26 Å². The molecule has 0 saturated heterocycles. The van der Waals surface area contributed by atoms with Crippen molar-refractivity contribution in [1.29, 1.82) is 0 Å². The van der Waals surface area contributed by atoms with Crippen molar-refractivity contribution in [2.45, 2.75) is 5.44 Å². The molecule has 1 atom stereocenters. The van der Waals surface area contributed by atoms with Crippen molar-refractivity contribution < 1.29 is 9.26 Å². The Morgan fingerprint density at radius 2 is 2.25 bits per heavy atom. The van der Waals surface area contributed by atoms with E-state index < -0.39 is 0 Å². The zero-order valence-corrected chi connectivity index (χ0v) is 7.09. The smallest absolute Gasteiger partial charge is 0.159 e. The van der Waals surface area contributed by atoms with Crippen LogP contribution in [0.5, 0.6) is 0 Å². The highest BCUT2D eigenvalue weighted by Crippen LogP contribution is 2.03. The lowest BCUT2D eigenvalue weighted by molar-refractivity contribution is 0.259. The molecule has 2 heterocycles. The maximum atomic E-state index is 4.87. The van der Waals surface area contributed by atoms with Gasteiger partial charge in [-0.3, -0.25) is 0 Å². The first kappa shape index (κ1) is 8.86. The van der Waals surface area contributed by atoms with E-state index >= 15 is 0 Å². The molecule has 0 amide bonds. The van der Waals surface area contributed by atoms with Crippen LogP contribution in [0.15, 0.2) is 41.5 Å². The lowest BCUT2D eigenvalue weighted by Gasteiger charge is -2.05. The third-order valence-electron chi connectivity index (χ3n) is 0.966. The first-order chi connectivity index (χ1) is 5.89. The first-order valence-electron chi connectivity index (χ1n) is 3.27. The van der Waals surface area contributed by atoms with E-state index in [1.54, 1.807) is 6.26 Å². The number of hydrogen-bond acceptors (Lipinski definition) is 5. The average molecular weight is 184 g/mol. The second-order valence-corrected chi connectivity index (χ2v) is 2.34. The summed E-state index contributed by atoms with van der Waals surface area (Å²) in [6, 6.07) is 0. The van der Waals surface area contributed by atoms with E-state index in [1.165, 1.54) is 12.5 Å². The molecule has 0 spiro atoms. The average Bonchev–Trinajstić information content (AvgIpc) is 2.62. The molecule has 12 heavy (non-hydrogen) atoms. The van der Waals surface area contributed by atoms with Gasteiger partial charge in [0, 0.05) is 5.27 Å². The maximum absolute atomic E-state index is 4.87. The summed E-state index contributed by atoms with van der Waals surface area (Å²) < 4.78 is 9.10. The Bertz CT molecular complexity index is 229. The molecule has 0 aromatic carbocycles. The minimum absolute atomic E-state index is 0.0370. The molecule has 0 bridgehead atoms. The third kappa shape index (κ3) is 3.82. The van der Waals surface area contributed by atoms with Crippen molar-refractivity contribution in [2.75, 3.05) is 0 Å². The van der Waals surface area contributed by atoms with Crippen molar-refractivity contribution in [3.63, 3.8) is 0 Å². The normalized spacial score (nSPS) is 19.2. The molecular weight excluding hydrogens is 176 g/mol. The molecule has 0 aliphatic carbocycles. The van der Waals surface area contributed by atoms with Gasteiger partial charge in [0.15, 0.2) is 5.44 Å². The molecule has 1 aliphatic heterocycles. The van der Waals surface area contributed by atoms with Crippen LogP contribution in [0.1, 0.15) is 0 Å². The lowest BCUT2D eigenvalue weighted by Crippen LogP contribution is -1.96. The number of rotatable bonds is 0. The van der Waals surface area contributed by atoms with Crippen LogP contribution in [-0.4, -0.2) is 15.8 Å². The standard InChI is InChI=1S/C5H6OS.C2H2N2O/c7-5-3-1-2-4-6-5;1-2-5-4-3-1/h1-5,7H;1-2H. The van der Waals surface area contributed by atoms with Crippen LogP contribution in [0.3, 0.4) is 0 Å². The predicted molar refractivity (Wildman–Crippen MR) is 46.4 cm³/mol. The molecule has 5 heteroatoms. The van der Waals surface area contributed by atoms with Gasteiger partial charge in [0.05, 0.1) is 12.5 Å². The molecule has 1 aliphatic rings. The van der Waals surface area contributed by atoms with Gasteiger partial charge in [-0.25, -0.2) is 0 Å². The molecule has 1 aromatic rings. The number of allylic oxidation sites excluding steroid dienone is 2. The number of aromatic nitrogens is 2. The van der Waals surface area contributed by atoms with Gasteiger partial charge in [-0.05, 0) is 12.2 Å². The van der Waals surface area contributed by atoms with E-state index in [2.05, 4.69) is 27.5 Å². The fourth-order valence-corrected chi connectivity index (χ4v) is 0.682. The molecular formula is C7H8N2O2S. The fraction of sp³-hybridized carbons (Fsp3) is 0.143. The van der Waals surface area contributed by atoms with E-state index in [0.29, 0.717) is 0 Å². The molecule has 0 N–H and O–H groups in total. The Balaban J connectivity index is 0.000000127. The molecule has 0 radical (unpaired) electrons. The fourth-order valence-electron chi connectivity index (χ4n) is 0.512. The Labute approximate surface area is 75.3 Å². The Morgan fingerprint density at radius 1 is 1.33 bits per heavy atom. The quantitative estimate of drug-likeness (QED) is 0.619. The Hall–Kier alpha value is -1.23. The summed E-state index contributed by atoms with van der Waals surface area (Å²) in [5, 5.41) is 6.40. The second kappa shape index (κ2) is 5.42. The highest BCUT2D eigenvalue weighted by molar-refractivity contribution is 7.80. The van der Waals surface area contributed by atoms with E-state index in [1.807, 2.05) is 18.2 Å². The van der Waals surface area contributed by atoms with Gasteiger partial charge in [0.2, 0.25) is 0 Å². The van der Waals surface area contributed by atoms with Crippen molar-refractivity contribution in [1.82, 2.24) is 10.4 Å². The number of thiol groups is 1. The maximum Gasteiger partial charge on any atom is 0.159 e. The summed E-state index contributed by atoms with van der Waals surface area (Å²) in [4.78, 5) is 0. The SMILES string of the molecule is SC1C=CC=CO1.c1conn1. The van der Waals surface area contributed by atoms with Gasteiger partial charge in [-0.1, -0.05) is 6.08 Å². The van der Waals surface area contributed by atoms with Gasteiger partial charge in [-0.15, -0.1) is 17.7 Å². The van der Waals surface area contributed by atoms with Crippen molar-refractivity contribution in [3.8, 4) is 0 Å². The molecule has 1 aromatic heterocycles. The molecule has 2 rings (SSSR count). The van der Waals surface area contributed by atoms with Gasteiger partial charge in [0.25, 0.3) is 0 Å². The number of ether oxygens (including phenoxy) is 1. The zero-order chi connectivity index (χ0) is 8.65. The monoisotopic (exact) mass is 184 g/mol. The molecule has 0 saturated carbocycles. The lowest BCUT2D eigenvalue weighted by atomic mass is 10.4. The molecule has 64 valence electrons. The van der Waals surface area contributed by atoms with Crippen molar-refractivity contribution in [3.05, 3.63) is 37.0 Å². The Kier molecular flexibility index (Phi) is 4.01. The largest absolute Gasteiger partial charge is 0.483 e. The summed E-state index contributed by atoms with van der Waals surface area (Å²) >= 11 is 4.00. The van der Waals surface area contributed by atoms with Crippen LogP contribution < -0.4 is 0 Å². The van der Waals surface area contributed by atoms with Crippen molar-refractivity contribution >= 4 is 12.6 Å². The van der Waals surface area contributed by atoms with Crippen LogP contribution in [0.2, 0.25) is 0 Å². The molecule has 0 fully saturated rings. The summed E-state index contributed by atoms with van der Waals surface area (Å²) in [6.07, 6.45) is 10.1. The van der Waals surface area contributed by atoms with E-state index in [9.17, 15) is 0 Å². The summed E-state index contributed by atoms with van der Waals surface area (Å²) in [5.41, 5.74) is -0.0370. The van der Waals surface area contributed by atoms with Gasteiger partial charge < -0.3 is 9.26 Å². The zero-order valence-electron chi connectivity index (χ0n) is 6.20. The minimum atomic E-state index is -0.0370. The van der Waals surface area contributed by atoms with Gasteiger partial charge >= 0.3 is 0 Å². The van der Waals surface area contributed by atoms with Crippen molar-refractivity contribution in [2.24, 2.45) is 0 Å². The predicted octanol–water partition coefficient (Wildman–Crippen LogP) is 1.41. The van der Waals surface area contributed by atoms with Crippen LogP contribution >= 0.6 is 12.6 Å². The third-order valence-corrected chi connectivity index (χ3v) is 1.26. The van der Waals surface area contributed by atoms with Crippen LogP contribution in [0.25, 0.3) is 0 Å². The summed E-state index contributed by atoms with van der Waals surface area (Å²) in [6.45, 7) is 0.